The third-order valence-electron chi connectivity index (χ3n) is 3.02. The Hall–Kier alpha value is -1.92. The second kappa shape index (κ2) is 6.24. The highest BCUT2D eigenvalue weighted by atomic mass is 32.1. The Morgan fingerprint density at radius 3 is 2.95 bits per heavy atom. The molecule has 5 nitrogen and oxygen atoms in total. The molecule has 0 saturated carbocycles. The molecule has 0 aliphatic heterocycles. The number of aromatic nitrogens is 3. The SMILES string of the molecule is CC(C)NCc1ccc(OCc2cn3ccsc3n2)cn1. The van der Waals surface area contributed by atoms with Crippen LogP contribution in [0, 0.1) is 0 Å². The number of imidazole rings is 1. The molecule has 3 heterocycles. The van der Waals surface area contributed by atoms with E-state index in [1.807, 2.05) is 34.3 Å². The van der Waals surface area contributed by atoms with Gasteiger partial charge in [-0.05, 0) is 12.1 Å². The summed E-state index contributed by atoms with van der Waals surface area (Å²) in [4.78, 5) is 9.85. The van der Waals surface area contributed by atoms with Gasteiger partial charge in [-0.3, -0.25) is 9.38 Å². The monoisotopic (exact) mass is 302 g/mol. The Bertz CT molecular complexity index is 673. The predicted octanol–water partition coefficient (Wildman–Crippen LogP) is 2.87. The minimum absolute atomic E-state index is 0.456. The van der Waals surface area contributed by atoms with E-state index < -0.39 is 0 Å². The molecule has 21 heavy (non-hydrogen) atoms. The van der Waals surface area contributed by atoms with Crippen LogP contribution >= 0.6 is 11.3 Å². The fourth-order valence-corrected chi connectivity index (χ4v) is 2.63. The standard InChI is InChI=1S/C15H18N4OS/c1-11(2)16-7-12-3-4-14(8-17-12)20-10-13-9-19-5-6-21-15(19)18-13/h3-6,8-9,11,16H,7,10H2,1-2H3. The van der Waals surface area contributed by atoms with Gasteiger partial charge >= 0.3 is 0 Å². The largest absolute Gasteiger partial charge is 0.486 e. The molecular weight excluding hydrogens is 284 g/mol. The second-order valence-corrected chi connectivity index (χ2v) is 6.01. The molecule has 0 radical (unpaired) electrons. The Balaban J connectivity index is 1.56. The van der Waals surface area contributed by atoms with Gasteiger partial charge in [0.15, 0.2) is 4.96 Å². The Labute approximate surface area is 127 Å². The van der Waals surface area contributed by atoms with E-state index >= 15 is 0 Å². The Kier molecular flexibility index (Phi) is 4.17. The summed E-state index contributed by atoms with van der Waals surface area (Å²) in [5.41, 5.74) is 1.94. The molecule has 3 aromatic heterocycles. The van der Waals surface area contributed by atoms with Gasteiger partial charge in [-0.15, -0.1) is 11.3 Å². The maximum atomic E-state index is 5.72. The van der Waals surface area contributed by atoms with Gasteiger partial charge in [-0.1, -0.05) is 13.8 Å². The molecule has 0 amide bonds. The van der Waals surface area contributed by atoms with Gasteiger partial charge in [0.1, 0.15) is 12.4 Å². The first kappa shape index (κ1) is 14.0. The Morgan fingerprint density at radius 1 is 1.33 bits per heavy atom. The van der Waals surface area contributed by atoms with Crippen LogP contribution in [0.1, 0.15) is 25.2 Å². The number of hydrogen-bond acceptors (Lipinski definition) is 5. The van der Waals surface area contributed by atoms with Gasteiger partial charge in [-0.25, -0.2) is 4.98 Å². The van der Waals surface area contributed by atoms with Gasteiger partial charge in [0, 0.05) is 30.4 Å². The van der Waals surface area contributed by atoms with Gasteiger partial charge < -0.3 is 10.1 Å². The summed E-state index contributed by atoms with van der Waals surface area (Å²) >= 11 is 1.62. The first-order valence-electron chi connectivity index (χ1n) is 6.93. The third-order valence-corrected chi connectivity index (χ3v) is 3.79. The van der Waals surface area contributed by atoms with Crippen LogP contribution in [0.15, 0.2) is 36.1 Å². The summed E-state index contributed by atoms with van der Waals surface area (Å²) in [5, 5.41) is 5.35. The van der Waals surface area contributed by atoms with Crippen molar-refractivity contribution >= 4 is 16.3 Å². The van der Waals surface area contributed by atoms with Crippen molar-refractivity contribution in [3.05, 3.63) is 47.5 Å². The lowest BCUT2D eigenvalue weighted by Crippen LogP contribution is -2.22. The smallest absolute Gasteiger partial charge is 0.193 e. The zero-order chi connectivity index (χ0) is 14.7. The van der Waals surface area contributed by atoms with Gasteiger partial charge in [0.25, 0.3) is 0 Å². The van der Waals surface area contributed by atoms with Crippen molar-refractivity contribution in [3.8, 4) is 5.75 Å². The number of nitrogens with zero attached hydrogens (tertiary/aromatic N) is 3. The number of fused-ring (bicyclic) bond motifs is 1. The van der Waals surface area contributed by atoms with E-state index in [-0.39, 0.29) is 0 Å². The van der Waals surface area contributed by atoms with E-state index in [4.69, 9.17) is 4.74 Å². The van der Waals surface area contributed by atoms with Crippen LogP contribution in [0.3, 0.4) is 0 Å². The molecule has 0 unspecified atom stereocenters. The Morgan fingerprint density at radius 2 is 2.24 bits per heavy atom. The number of hydrogen-bond donors (Lipinski definition) is 1. The summed E-state index contributed by atoms with van der Waals surface area (Å²) in [5.74, 6) is 0.764. The normalized spacial score (nSPS) is 11.4. The van der Waals surface area contributed by atoms with Gasteiger partial charge in [0.2, 0.25) is 0 Å². The highest BCUT2D eigenvalue weighted by Crippen LogP contribution is 2.14. The number of ether oxygens (including phenoxy) is 1. The van der Waals surface area contributed by atoms with Crippen LogP contribution < -0.4 is 10.1 Å². The van der Waals surface area contributed by atoms with Crippen molar-refractivity contribution in [1.82, 2.24) is 19.7 Å². The summed E-state index contributed by atoms with van der Waals surface area (Å²) < 4.78 is 7.72. The van der Waals surface area contributed by atoms with Crippen molar-refractivity contribution in [1.29, 1.82) is 0 Å². The van der Waals surface area contributed by atoms with Crippen molar-refractivity contribution < 1.29 is 4.74 Å². The molecule has 0 atom stereocenters. The lowest BCUT2D eigenvalue weighted by molar-refractivity contribution is 0.300. The molecule has 0 aliphatic rings. The van der Waals surface area contributed by atoms with Crippen molar-refractivity contribution in [2.75, 3.05) is 0 Å². The van der Waals surface area contributed by atoms with E-state index in [9.17, 15) is 0 Å². The highest BCUT2D eigenvalue weighted by molar-refractivity contribution is 7.15. The molecule has 0 fully saturated rings. The molecule has 3 aromatic rings. The number of nitrogens with one attached hydrogen (secondary N) is 1. The summed E-state index contributed by atoms with van der Waals surface area (Å²) in [6.45, 7) is 5.47. The predicted molar refractivity (Wildman–Crippen MR) is 83.6 cm³/mol. The van der Waals surface area contributed by atoms with E-state index in [2.05, 4.69) is 29.1 Å². The molecule has 6 heteroatoms. The average Bonchev–Trinajstić information content (AvgIpc) is 3.05. The number of thiazole rings is 1. The maximum Gasteiger partial charge on any atom is 0.193 e. The quantitative estimate of drug-likeness (QED) is 0.761. The first-order chi connectivity index (χ1) is 10.2. The lowest BCUT2D eigenvalue weighted by atomic mass is 10.3. The summed E-state index contributed by atoms with van der Waals surface area (Å²) in [6.07, 6.45) is 5.74. The summed E-state index contributed by atoms with van der Waals surface area (Å²) in [6, 6.07) is 4.39. The molecule has 3 rings (SSSR count). The van der Waals surface area contributed by atoms with Gasteiger partial charge in [-0.2, -0.15) is 0 Å². The molecule has 0 spiro atoms. The van der Waals surface area contributed by atoms with Crippen LogP contribution in [0.4, 0.5) is 0 Å². The first-order valence-corrected chi connectivity index (χ1v) is 7.81. The van der Waals surface area contributed by atoms with Crippen molar-refractivity contribution in [2.45, 2.75) is 33.0 Å². The topological polar surface area (TPSA) is 51.5 Å². The molecular formula is C15H18N4OS. The second-order valence-electron chi connectivity index (χ2n) is 5.13. The number of pyridine rings is 1. The fraction of sp³-hybridized carbons (Fsp3) is 0.333. The molecule has 0 saturated heterocycles. The van der Waals surface area contributed by atoms with Crippen LogP contribution in [0.5, 0.6) is 5.75 Å². The molecule has 110 valence electrons. The van der Waals surface area contributed by atoms with Crippen LogP contribution in [-0.2, 0) is 13.2 Å². The van der Waals surface area contributed by atoms with E-state index in [0.29, 0.717) is 12.6 Å². The fourth-order valence-electron chi connectivity index (χ4n) is 1.91. The van der Waals surface area contributed by atoms with E-state index in [0.717, 1.165) is 28.6 Å². The van der Waals surface area contributed by atoms with Crippen molar-refractivity contribution in [2.24, 2.45) is 0 Å². The van der Waals surface area contributed by atoms with E-state index in [1.54, 1.807) is 17.5 Å². The van der Waals surface area contributed by atoms with Crippen molar-refractivity contribution in [3.63, 3.8) is 0 Å². The zero-order valence-electron chi connectivity index (χ0n) is 12.1. The minimum Gasteiger partial charge on any atom is -0.486 e. The minimum atomic E-state index is 0.456. The van der Waals surface area contributed by atoms with Crippen LogP contribution in [0.25, 0.3) is 4.96 Å². The number of rotatable bonds is 6. The third kappa shape index (κ3) is 3.59. The van der Waals surface area contributed by atoms with Crippen LogP contribution in [-0.4, -0.2) is 20.4 Å². The zero-order valence-corrected chi connectivity index (χ0v) is 12.9. The van der Waals surface area contributed by atoms with E-state index in [1.165, 1.54) is 0 Å². The molecule has 0 bridgehead atoms. The lowest BCUT2D eigenvalue weighted by Gasteiger charge is -2.08. The highest BCUT2D eigenvalue weighted by Gasteiger charge is 2.04. The molecule has 1 N–H and O–H groups in total. The average molecular weight is 302 g/mol. The van der Waals surface area contributed by atoms with Gasteiger partial charge in [0.05, 0.1) is 17.6 Å². The molecule has 0 aromatic carbocycles. The summed E-state index contributed by atoms with van der Waals surface area (Å²) in [7, 11) is 0. The maximum absolute atomic E-state index is 5.72. The van der Waals surface area contributed by atoms with Crippen LogP contribution in [0.2, 0.25) is 0 Å². The molecule has 0 aliphatic carbocycles.